The summed E-state index contributed by atoms with van der Waals surface area (Å²) in [4.78, 5) is 0. The SMILES string of the molecule is Nc1cc(CO)ccc1-c1ccccc1. The van der Waals surface area contributed by atoms with Gasteiger partial charge in [-0.05, 0) is 17.2 Å². The number of hydrogen-bond donors (Lipinski definition) is 2. The van der Waals surface area contributed by atoms with E-state index in [2.05, 4.69) is 0 Å². The molecule has 0 heterocycles. The molecule has 0 aromatic heterocycles. The van der Waals surface area contributed by atoms with Crippen LogP contribution in [0.3, 0.4) is 0 Å². The molecule has 0 amide bonds. The maximum Gasteiger partial charge on any atom is 0.0682 e. The molecule has 76 valence electrons. The Labute approximate surface area is 89.0 Å². The summed E-state index contributed by atoms with van der Waals surface area (Å²) >= 11 is 0. The third-order valence-electron chi connectivity index (χ3n) is 2.38. The largest absolute Gasteiger partial charge is 0.398 e. The van der Waals surface area contributed by atoms with Crippen LogP contribution >= 0.6 is 0 Å². The van der Waals surface area contributed by atoms with E-state index in [0.717, 1.165) is 16.7 Å². The van der Waals surface area contributed by atoms with Gasteiger partial charge in [0.2, 0.25) is 0 Å². The van der Waals surface area contributed by atoms with Crippen molar-refractivity contribution >= 4 is 5.69 Å². The predicted molar refractivity (Wildman–Crippen MR) is 62.2 cm³/mol. The first kappa shape index (κ1) is 9.74. The third-order valence-corrected chi connectivity index (χ3v) is 2.38. The van der Waals surface area contributed by atoms with Crippen LogP contribution in [0.2, 0.25) is 0 Å². The first-order chi connectivity index (χ1) is 7.31. The lowest BCUT2D eigenvalue weighted by Crippen LogP contribution is -1.92. The fourth-order valence-corrected chi connectivity index (χ4v) is 1.59. The number of nitrogens with two attached hydrogens (primary N) is 1. The van der Waals surface area contributed by atoms with Crippen LogP contribution in [0.5, 0.6) is 0 Å². The van der Waals surface area contributed by atoms with Gasteiger partial charge in [-0.1, -0.05) is 42.5 Å². The third kappa shape index (κ3) is 2.00. The van der Waals surface area contributed by atoms with E-state index in [1.807, 2.05) is 48.5 Å². The maximum absolute atomic E-state index is 8.97. The number of hydrogen-bond acceptors (Lipinski definition) is 2. The molecule has 0 fully saturated rings. The molecule has 2 heteroatoms. The molecule has 0 aliphatic heterocycles. The number of nitrogen functional groups attached to an aromatic ring is 1. The second-order valence-electron chi connectivity index (χ2n) is 3.45. The Morgan fingerprint density at radius 2 is 1.73 bits per heavy atom. The lowest BCUT2D eigenvalue weighted by molar-refractivity contribution is 0.282. The molecule has 2 aromatic carbocycles. The number of aliphatic hydroxyl groups excluding tert-OH is 1. The molecule has 2 nitrogen and oxygen atoms in total. The van der Waals surface area contributed by atoms with E-state index in [4.69, 9.17) is 10.8 Å². The average Bonchev–Trinajstić information content (AvgIpc) is 2.30. The van der Waals surface area contributed by atoms with Gasteiger partial charge in [0.25, 0.3) is 0 Å². The van der Waals surface area contributed by atoms with E-state index in [0.29, 0.717) is 5.69 Å². The second kappa shape index (κ2) is 4.15. The topological polar surface area (TPSA) is 46.2 Å². The zero-order valence-electron chi connectivity index (χ0n) is 8.35. The van der Waals surface area contributed by atoms with Gasteiger partial charge in [-0.15, -0.1) is 0 Å². The Bertz CT molecular complexity index is 451. The highest BCUT2D eigenvalue weighted by Gasteiger charge is 2.02. The Kier molecular flexibility index (Phi) is 2.70. The van der Waals surface area contributed by atoms with Gasteiger partial charge in [0.1, 0.15) is 0 Å². The molecule has 0 atom stereocenters. The summed E-state index contributed by atoms with van der Waals surface area (Å²) in [7, 11) is 0. The van der Waals surface area contributed by atoms with Gasteiger partial charge in [0.15, 0.2) is 0 Å². The van der Waals surface area contributed by atoms with Crippen molar-refractivity contribution in [3.63, 3.8) is 0 Å². The van der Waals surface area contributed by atoms with Crippen LogP contribution in [0.4, 0.5) is 5.69 Å². The lowest BCUT2D eigenvalue weighted by atomic mass is 10.0. The molecule has 15 heavy (non-hydrogen) atoms. The van der Waals surface area contributed by atoms with Gasteiger partial charge in [0.05, 0.1) is 6.61 Å². The average molecular weight is 199 g/mol. The van der Waals surface area contributed by atoms with Crippen molar-refractivity contribution in [1.82, 2.24) is 0 Å². The van der Waals surface area contributed by atoms with Crippen molar-refractivity contribution in [1.29, 1.82) is 0 Å². The van der Waals surface area contributed by atoms with Crippen LogP contribution < -0.4 is 5.73 Å². The normalized spacial score (nSPS) is 10.2. The quantitative estimate of drug-likeness (QED) is 0.730. The highest BCUT2D eigenvalue weighted by atomic mass is 16.3. The summed E-state index contributed by atoms with van der Waals surface area (Å²) in [5.74, 6) is 0. The molecule has 0 saturated heterocycles. The predicted octanol–water partition coefficient (Wildman–Crippen LogP) is 2.43. The Balaban J connectivity index is 2.46. The maximum atomic E-state index is 8.97. The fraction of sp³-hybridized carbons (Fsp3) is 0.0769. The van der Waals surface area contributed by atoms with Gasteiger partial charge in [-0.25, -0.2) is 0 Å². The molecule has 0 aliphatic rings. The van der Waals surface area contributed by atoms with Crippen molar-refractivity contribution < 1.29 is 5.11 Å². The Morgan fingerprint density at radius 3 is 2.33 bits per heavy atom. The number of anilines is 1. The monoisotopic (exact) mass is 199 g/mol. The second-order valence-corrected chi connectivity index (χ2v) is 3.45. The van der Waals surface area contributed by atoms with Gasteiger partial charge in [-0.3, -0.25) is 0 Å². The molecular weight excluding hydrogens is 186 g/mol. The van der Waals surface area contributed by atoms with Crippen molar-refractivity contribution in [2.45, 2.75) is 6.61 Å². The van der Waals surface area contributed by atoms with Crippen molar-refractivity contribution in [2.24, 2.45) is 0 Å². The van der Waals surface area contributed by atoms with Crippen LogP contribution in [0.1, 0.15) is 5.56 Å². The van der Waals surface area contributed by atoms with Crippen LogP contribution in [0.25, 0.3) is 11.1 Å². The summed E-state index contributed by atoms with van der Waals surface area (Å²) < 4.78 is 0. The molecule has 0 saturated carbocycles. The summed E-state index contributed by atoms with van der Waals surface area (Å²) in [6.07, 6.45) is 0. The molecule has 2 aromatic rings. The van der Waals surface area contributed by atoms with E-state index < -0.39 is 0 Å². The zero-order valence-corrected chi connectivity index (χ0v) is 8.35. The summed E-state index contributed by atoms with van der Waals surface area (Å²) in [6, 6.07) is 15.6. The zero-order chi connectivity index (χ0) is 10.7. The lowest BCUT2D eigenvalue weighted by Gasteiger charge is -2.07. The number of benzene rings is 2. The van der Waals surface area contributed by atoms with Crippen LogP contribution in [0.15, 0.2) is 48.5 Å². The smallest absolute Gasteiger partial charge is 0.0682 e. The molecule has 2 rings (SSSR count). The van der Waals surface area contributed by atoms with Crippen LogP contribution in [-0.2, 0) is 6.61 Å². The molecule has 0 aliphatic carbocycles. The van der Waals surface area contributed by atoms with E-state index >= 15 is 0 Å². The van der Waals surface area contributed by atoms with Gasteiger partial charge in [-0.2, -0.15) is 0 Å². The molecule has 0 bridgehead atoms. The minimum atomic E-state index is 0.0271. The molecule has 0 radical (unpaired) electrons. The fourth-order valence-electron chi connectivity index (χ4n) is 1.59. The Hall–Kier alpha value is -1.80. The van der Waals surface area contributed by atoms with E-state index in [1.54, 1.807) is 0 Å². The van der Waals surface area contributed by atoms with E-state index in [1.165, 1.54) is 0 Å². The summed E-state index contributed by atoms with van der Waals surface area (Å²) in [5.41, 5.74) is 9.56. The minimum absolute atomic E-state index is 0.0271. The van der Waals surface area contributed by atoms with Gasteiger partial charge >= 0.3 is 0 Å². The standard InChI is InChI=1S/C13H13NO/c14-13-8-10(9-15)6-7-12(13)11-4-2-1-3-5-11/h1-8,15H,9,14H2. The molecular formula is C13H13NO. The van der Waals surface area contributed by atoms with Crippen molar-refractivity contribution in [2.75, 3.05) is 5.73 Å². The first-order valence-corrected chi connectivity index (χ1v) is 4.86. The van der Waals surface area contributed by atoms with Crippen molar-refractivity contribution in [3.05, 3.63) is 54.1 Å². The number of rotatable bonds is 2. The van der Waals surface area contributed by atoms with Gasteiger partial charge in [0, 0.05) is 11.3 Å². The molecule has 0 unspecified atom stereocenters. The number of aliphatic hydroxyl groups is 1. The summed E-state index contributed by atoms with van der Waals surface area (Å²) in [6.45, 7) is 0.0271. The van der Waals surface area contributed by atoms with Crippen LogP contribution in [0, 0.1) is 0 Å². The van der Waals surface area contributed by atoms with E-state index in [-0.39, 0.29) is 6.61 Å². The Morgan fingerprint density at radius 1 is 1.00 bits per heavy atom. The molecule has 0 spiro atoms. The van der Waals surface area contributed by atoms with Crippen LogP contribution in [-0.4, -0.2) is 5.11 Å². The molecule has 3 N–H and O–H groups in total. The summed E-state index contributed by atoms with van der Waals surface area (Å²) in [5, 5.41) is 8.97. The minimum Gasteiger partial charge on any atom is -0.398 e. The van der Waals surface area contributed by atoms with Gasteiger partial charge < -0.3 is 10.8 Å². The highest BCUT2D eigenvalue weighted by Crippen LogP contribution is 2.26. The van der Waals surface area contributed by atoms with Crippen molar-refractivity contribution in [3.8, 4) is 11.1 Å². The first-order valence-electron chi connectivity index (χ1n) is 4.86. The highest BCUT2D eigenvalue weighted by molar-refractivity contribution is 5.76. The van der Waals surface area contributed by atoms with E-state index in [9.17, 15) is 0 Å².